The highest BCUT2D eigenvalue weighted by molar-refractivity contribution is 5.82. The molecule has 8 rings (SSSR count). The average Bonchev–Trinajstić information content (AvgIpc) is 3.25. The summed E-state index contributed by atoms with van der Waals surface area (Å²) in [7, 11) is 0. The van der Waals surface area contributed by atoms with Gasteiger partial charge < -0.3 is 30.2 Å². The van der Waals surface area contributed by atoms with Crippen LogP contribution in [0.25, 0.3) is 35.4 Å². The van der Waals surface area contributed by atoms with Crippen LogP contribution in [0, 0.1) is 0 Å². The monoisotopic (exact) mass is 756 g/mol. The van der Waals surface area contributed by atoms with Crippen molar-refractivity contribution in [1.29, 1.82) is 0 Å². The van der Waals surface area contributed by atoms with Crippen molar-refractivity contribution in [3.05, 3.63) is 216 Å². The van der Waals surface area contributed by atoms with Crippen LogP contribution >= 0.6 is 0 Å². The van der Waals surface area contributed by atoms with Crippen LogP contribution in [0.1, 0.15) is 22.3 Å². The molecule has 0 radical (unpaired) electrons. The lowest BCUT2D eigenvalue weighted by Gasteiger charge is -2.25. The molecular weight excluding hydrogens is 717 g/mol. The highest BCUT2D eigenvalue weighted by Gasteiger charge is 2.14. The zero-order valence-corrected chi connectivity index (χ0v) is 31.5. The van der Waals surface area contributed by atoms with Gasteiger partial charge in [-0.3, -0.25) is 0 Å². The summed E-state index contributed by atoms with van der Waals surface area (Å²) in [5, 5.41) is 42.3. The van der Waals surface area contributed by atoms with Gasteiger partial charge in [0.25, 0.3) is 0 Å². The molecule has 0 bridgehead atoms. The fourth-order valence-electron chi connectivity index (χ4n) is 6.88. The predicted molar refractivity (Wildman–Crippen MR) is 239 cm³/mol. The second-order valence-electron chi connectivity index (χ2n) is 13.8. The van der Waals surface area contributed by atoms with Gasteiger partial charge in [-0.1, -0.05) is 121 Å². The van der Waals surface area contributed by atoms with Crippen LogP contribution < -0.4 is 9.80 Å². The molecule has 0 fully saturated rings. The summed E-state index contributed by atoms with van der Waals surface area (Å²) in [6.45, 7) is 0. The molecule has 0 atom stereocenters. The number of hydrogen-bond donors (Lipinski definition) is 4. The summed E-state index contributed by atoms with van der Waals surface area (Å²) in [5.41, 5.74) is 10.3. The molecular formula is C52H40N2O4. The van der Waals surface area contributed by atoms with E-state index in [-0.39, 0.29) is 23.0 Å². The molecule has 0 aliphatic carbocycles. The number of aromatic hydroxyl groups is 4. The molecule has 0 heterocycles. The van der Waals surface area contributed by atoms with Crippen molar-refractivity contribution in [2.24, 2.45) is 0 Å². The minimum atomic E-state index is 0.131. The average molecular weight is 757 g/mol. The lowest BCUT2D eigenvalue weighted by molar-refractivity contribution is 0.473. The van der Waals surface area contributed by atoms with Crippen molar-refractivity contribution in [2.75, 3.05) is 9.80 Å². The number of phenolic OH excluding ortho intramolecular Hbond substituents is 4. The summed E-state index contributed by atoms with van der Waals surface area (Å²) in [6.07, 6.45) is 7.66. The van der Waals surface area contributed by atoms with Crippen LogP contribution in [-0.4, -0.2) is 20.4 Å². The lowest BCUT2D eigenvalue weighted by atomic mass is 10.00. The molecule has 4 N–H and O–H groups in total. The predicted octanol–water partition coefficient (Wildman–Crippen LogP) is 13.5. The third-order valence-corrected chi connectivity index (χ3v) is 9.81. The van der Waals surface area contributed by atoms with Crippen LogP contribution in [0.4, 0.5) is 34.1 Å². The lowest BCUT2D eigenvalue weighted by Crippen LogP contribution is -2.09. The Hall–Kier alpha value is -7.96. The number of hydrogen-bond acceptors (Lipinski definition) is 6. The van der Waals surface area contributed by atoms with Gasteiger partial charge in [0.2, 0.25) is 0 Å². The third-order valence-electron chi connectivity index (χ3n) is 9.81. The quantitative estimate of drug-likeness (QED) is 0.0983. The Bertz CT molecular complexity index is 2520. The van der Waals surface area contributed by atoms with Crippen molar-refractivity contribution in [2.45, 2.75) is 0 Å². The number of rotatable bonds is 11. The first-order valence-electron chi connectivity index (χ1n) is 18.9. The van der Waals surface area contributed by atoms with E-state index in [2.05, 4.69) is 9.80 Å². The second-order valence-corrected chi connectivity index (χ2v) is 13.8. The fourth-order valence-corrected chi connectivity index (χ4v) is 6.88. The SMILES string of the molecule is Oc1cccc(N(c2ccccc2)c2ccc(C=Cc3ccc(-c4ccc(C=Cc5ccc(N(c6ccccc6)c6cccc(O)c6)cc5)c(O)c4)cc3O)cc2)c1. The highest BCUT2D eigenvalue weighted by Crippen LogP contribution is 2.38. The largest absolute Gasteiger partial charge is 0.508 e. The summed E-state index contributed by atoms with van der Waals surface area (Å²) in [6, 6.07) is 61.6. The van der Waals surface area contributed by atoms with Crippen LogP contribution in [-0.2, 0) is 0 Å². The first-order chi connectivity index (χ1) is 28.4. The van der Waals surface area contributed by atoms with E-state index < -0.39 is 0 Å². The number of benzene rings is 8. The van der Waals surface area contributed by atoms with E-state index in [0.717, 1.165) is 56.4 Å². The van der Waals surface area contributed by atoms with E-state index in [0.29, 0.717) is 11.1 Å². The molecule has 0 saturated carbocycles. The maximum atomic E-state index is 11.0. The number of phenols is 4. The third kappa shape index (κ3) is 8.47. The fraction of sp³-hybridized carbons (Fsp3) is 0. The van der Waals surface area contributed by atoms with E-state index in [4.69, 9.17) is 0 Å². The van der Waals surface area contributed by atoms with Gasteiger partial charge in [0.15, 0.2) is 0 Å². The van der Waals surface area contributed by atoms with Crippen molar-refractivity contribution in [1.82, 2.24) is 0 Å². The second kappa shape index (κ2) is 16.8. The van der Waals surface area contributed by atoms with Crippen molar-refractivity contribution in [3.63, 3.8) is 0 Å². The maximum Gasteiger partial charge on any atom is 0.123 e. The molecule has 58 heavy (non-hydrogen) atoms. The Labute approximate surface area is 338 Å². The van der Waals surface area contributed by atoms with Crippen LogP contribution in [0.2, 0.25) is 0 Å². The summed E-state index contributed by atoms with van der Waals surface area (Å²) in [5.74, 6) is 0.658. The molecule has 0 aliphatic rings. The molecule has 6 heteroatoms. The van der Waals surface area contributed by atoms with Crippen LogP contribution in [0.3, 0.4) is 0 Å². The Morgan fingerprint density at radius 1 is 0.293 bits per heavy atom. The normalized spacial score (nSPS) is 11.2. The minimum Gasteiger partial charge on any atom is -0.508 e. The van der Waals surface area contributed by atoms with Gasteiger partial charge in [0, 0.05) is 57.4 Å². The number of anilines is 6. The van der Waals surface area contributed by atoms with Crippen molar-refractivity contribution in [3.8, 4) is 34.1 Å². The van der Waals surface area contributed by atoms with Gasteiger partial charge in [-0.2, -0.15) is 0 Å². The summed E-state index contributed by atoms with van der Waals surface area (Å²) < 4.78 is 0. The van der Waals surface area contributed by atoms with Gasteiger partial charge in [-0.05, 0) is 107 Å². The molecule has 0 amide bonds. The topological polar surface area (TPSA) is 87.4 Å². The zero-order valence-electron chi connectivity index (χ0n) is 31.5. The van der Waals surface area contributed by atoms with Crippen LogP contribution in [0.15, 0.2) is 194 Å². The number of nitrogens with zero attached hydrogens (tertiary/aromatic N) is 2. The molecule has 282 valence electrons. The Kier molecular flexibility index (Phi) is 10.7. The number of para-hydroxylation sites is 2. The van der Waals surface area contributed by atoms with Gasteiger partial charge in [-0.15, -0.1) is 0 Å². The molecule has 6 nitrogen and oxygen atoms in total. The molecule has 0 unspecified atom stereocenters. The molecule has 0 saturated heterocycles. The standard InChI is InChI=1S/C52H40N2O4/c55-49-15-7-13-47(35-49)53(43-9-3-1-4-10-43)45-29-19-37(20-30-45)17-23-39-25-27-41(33-51(39)57)42-28-26-40(52(58)34-42)24-18-38-21-31-46(32-22-38)54(44-11-5-2-6-12-44)48-14-8-16-50(56)36-48/h1-36,55-58H. The Morgan fingerprint density at radius 2 is 0.655 bits per heavy atom. The van der Waals surface area contributed by atoms with Gasteiger partial charge in [-0.25, -0.2) is 0 Å². The van der Waals surface area contributed by atoms with Crippen molar-refractivity contribution < 1.29 is 20.4 Å². The molecule has 0 aliphatic heterocycles. The molecule has 0 spiro atoms. The van der Waals surface area contributed by atoms with E-state index in [9.17, 15) is 20.4 Å². The van der Waals surface area contributed by atoms with E-state index in [1.54, 1.807) is 36.4 Å². The van der Waals surface area contributed by atoms with Crippen molar-refractivity contribution >= 4 is 58.4 Å². The molecule has 0 aromatic heterocycles. The van der Waals surface area contributed by atoms with Gasteiger partial charge in [0.05, 0.1) is 0 Å². The highest BCUT2D eigenvalue weighted by atomic mass is 16.3. The summed E-state index contributed by atoms with van der Waals surface area (Å²) in [4.78, 5) is 4.16. The first-order valence-corrected chi connectivity index (χ1v) is 18.9. The van der Waals surface area contributed by atoms with Gasteiger partial charge in [0.1, 0.15) is 23.0 Å². The summed E-state index contributed by atoms with van der Waals surface area (Å²) >= 11 is 0. The Balaban J connectivity index is 0.946. The molecule has 8 aromatic carbocycles. The zero-order chi connectivity index (χ0) is 39.8. The van der Waals surface area contributed by atoms with E-state index in [1.165, 1.54) is 0 Å². The smallest absolute Gasteiger partial charge is 0.123 e. The van der Waals surface area contributed by atoms with Crippen LogP contribution in [0.5, 0.6) is 23.0 Å². The van der Waals surface area contributed by atoms with E-state index >= 15 is 0 Å². The van der Waals surface area contributed by atoms with E-state index in [1.807, 2.05) is 182 Å². The maximum absolute atomic E-state index is 11.0. The minimum absolute atomic E-state index is 0.131. The first kappa shape index (κ1) is 37.0. The van der Waals surface area contributed by atoms with Gasteiger partial charge >= 0.3 is 0 Å². The molecule has 8 aromatic rings. The Morgan fingerprint density at radius 3 is 1.02 bits per heavy atom.